The molecule has 0 heterocycles. The Bertz CT molecular complexity index is 236. The van der Waals surface area contributed by atoms with E-state index in [2.05, 4.69) is 4.74 Å². The standard InChI is InChI=1S/C10H17NO4/c1-2-15-10(13)9(12)11(14)8-6-4-3-5-7-8/h8,14H,2-7H2,1H3. The van der Waals surface area contributed by atoms with Crippen LogP contribution in [0.5, 0.6) is 0 Å². The molecule has 0 spiro atoms. The second kappa shape index (κ2) is 5.70. The van der Waals surface area contributed by atoms with E-state index in [1.807, 2.05) is 0 Å². The number of hydroxylamine groups is 2. The van der Waals surface area contributed by atoms with Gasteiger partial charge >= 0.3 is 11.9 Å². The van der Waals surface area contributed by atoms with Crippen LogP contribution in [0, 0.1) is 0 Å². The molecule has 1 fully saturated rings. The number of amides is 1. The van der Waals surface area contributed by atoms with E-state index >= 15 is 0 Å². The third-order valence-electron chi connectivity index (χ3n) is 2.58. The van der Waals surface area contributed by atoms with Crippen LogP contribution in [0.3, 0.4) is 0 Å². The highest BCUT2D eigenvalue weighted by atomic mass is 16.6. The Labute approximate surface area is 89.0 Å². The van der Waals surface area contributed by atoms with Crippen molar-refractivity contribution in [1.29, 1.82) is 0 Å². The summed E-state index contributed by atoms with van der Waals surface area (Å²) in [4.78, 5) is 22.4. The highest BCUT2D eigenvalue weighted by Crippen LogP contribution is 2.21. The molecule has 1 saturated carbocycles. The molecule has 1 aliphatic rings. The van der Waals surface area contributed by atoms with Crippen LogP contribution < -0.4 is 0 Å². The minimum atomic E-state index is -0.981. The summed E-state index contributed by atoms with van der Waals surface area (Å²) < 4.78 is 4.53. The van der Waals surface area contributed by atoms with Crippen molar-refractivity contribution in [3.05, 3.63) is 0 Å². The smallest absolute Gasteiger partial charge is 0.399 e. The maximum Gasteiger partial charge on any atom is 0.399 e. The van der Waals surface area contributed by atoms with Crippen molar-refractivity contribution in [2.24, 2.45) is 0 Å². The predicted octanol–water partition coefficient (Wildman–Crippen LogP) is 1.10. The molecule has 0 aromatic carbocycles. The minimum Gasteiger partial charge on any atom is -0.459 e. The first-order valence-electron chi connectivity index (χ1n) is 5.36. The fourth-order valence-electron chi connectivity index (χ4n) is 1.78. The average molecular weight is 215 g/mol. The zero-order chi connectivity index (χ0) is 11.3. The van der Waals surface area contributed by atoms with Gasteiger partial charge in [-0.15, -0.1) is 0 Å². The second-order valence-electron chi connectivity index (χ2n) is 3.66. The van der Waals surface area contributed by atoms with Crippen molar-refractivity contribution in [3.63, 3.8) is 0 Å². The lowest BCUT2D eigenvalue weighted by Gasteiger charge is -2.28. The highest BCUT2D eigenvalue weighted by molar-refractivity contribution is 6.32. The number of nitrogens with zero attached hydrogens (tertiary/aromatic N) is 1. The van der Waals surface area contributed by atoms with Gasteiger partial charge in [-0.3, -0.25) is 10.0 Å². The van der Waals surface area contributed by atoms with Crippen LogP contribution in [-0.2, 0) is 14.3 Å². The zero-order valence-corrected chi connectivity index (χ0v) is 8.94. The number of hydrogen-bond donors (Lipinski definition) is 1. The molecule has 5 nitrogen and oxygen atoms in total. The Hall–Kier alpha value is -1.10. The SMILES string of the molecule is CCOC(=O)C(=O)N(O)C1CCCCC1. The van der Waals surface area contributed by atoms with Gasteiger partial charge in [0.2, 0.25) is 0 Å². The van der Waals surface area contributed by atoms with Crippen LogP contribution in [0.4, 0.5) is 0 Å². The van der Waals surface area contributed by atoms with Crippen LogP contribution in [0.1, 0.15) is 39.0 Å². The van der Waals surface area contributed by atoms with Crippen molar-refractivity contribution >= 4 is 11.9 Å². The molecule has 5 heteroatoms. The lowest BCUT2D eigenvalue weighted by Crippen LogP contribution is -2.43. The molecular weight excluding hydrogens is 198 g/mol. The lowest BCUT2D eigenvalue weighted by atomic mass is 9.95. The minimum absolute atomic E-state index is 0.142. The summed E-state index contributed by atoms with van der Waals surface area (Å²) in [6, 6.07) is -0.226. The zero-order valence-electron chi connectivity index (χ0n) is 8.94. The maximum absolute atomic E-state index is 11.3. The van der Waals surface area contributed by atoms with Gasteiger partial charge in [-0.05, 0) is 19.8 Å². The number of esters is 1. The van der Waals surface area contributed by atoms with Crippen molar-refractivity contribution in [1.82, 2.24) is 5.06 Å². The summed E-state index contributed by atoms with van der Waals surface area (Å²) >= 11 is 0. The van der Waals surface area contributed by atoms with Crippen molar-refractivity contribution in [3.8, 4) is 0 Å². The predicted molar refractivity (Wildman–Crippen MR) is 52.1 cm³/mol. The van der Waals surface area contributed by atoms with Gasteiger partial charge in [0, 0.05) is 0 Å². The van der Waals surface area contributed by atoms with Crippen LogP contribution in [0.25, 0.3) is 0 Å². The quantitative estimate of drug-likeness (QED) is 0.324. The third-order valence-corrected chi connectivity index (χ3v) is 2.58. The first-order valence-corrected chi connectivity index (χ1v) is 5.36. The first-order chi connectivity index (χ1) is 7.16. The van der Waals surface area contributed by atoms with Crippen LogP contribution in [0.15, 0.2) is 0 Å². The summed E-state index contributed by atoms with van der Waals surface area (Å²) in [7, 11) is 0. The van der Waals surface area contributed by atoms with Gasteiger partial charge in [-0.1, -0.05) is 19.3 Å². The molecule has 86 valence electrons. The van der Waals surface area contributed by atoms with E-state index in [1.54, 1.807) is 6.92 Å². The molecule has 0 bridgehead atoms. The molecule has 0 atom stereocenters. The van der Waals surface area contributed by atoms with E-state index in [-0.39, 0.29) is 12.6 Å². The summed E-state index contributed by atoms with van der Waals surface area (Å²) in [6.07, 6.45) is 4.59. The molecule has 0 unspecified atom stereocenters. The molecule has 1 aliphatic carbocycles. The van der Waals surface area contributed by atoms with Gasteiger partial charge in [-0.2, -0.15) is 0 Å². The van der Waals surface area contributed by atoms with Gasteiger partial charge in [-0.25, -0.2) is 9.86 Å². The topological polar surface area (TPSA) is 66.8 Å². The van der Waals surface area contributed by atoms with E-state index in [0.717, 1.165) is 32.1 Å². The molecular formula is C10H17NO4. The second-order valence-corrected chi connectivity index (χ2v) is 3.66. The Morgan fingerprint density at radius 1 is 1.33 bits per heavy atom. The highest BCUT2D eigenvalue weighted by Gasteiger charge is 2.29. The molecule has 0 aliphatic heterocycles. The van der Waals surface area contributed by atoms with Gasteiger partial charge < -0.3 is 4.74 Å². The molecule has 1 rings (SSSR count). The van der Waals surface area contributed by atoms with Crippen LogP contribution in [-0.4, -0.2) is 34.8 Å². The van der Waals surface area contributed by atoms with E-state index in [1.165, 1.54) is 0 Å². The Morgan fingerprint density at radius 3 is 2.47 bits per heavy atom. The van der Waals surface area contributed by atoms with Crippen molar-refractivity contribution in [2.75, 3.05) is 6.61 Å². The van der Waals surface area contributed by atoms with Gasteiger partial charge in [0.15, 0.2) is 0 Å². The number of rotatable bonds is 2. The molecule has 0 aromatic heterocycles. The molecule has 0 aromatic rings. The average Bonchev–Trinajstić information content (AvgIpc) is 2.28. The van der Waals surface area contributed by atoms with E-state index in [9.17, 15) is 14.8 Å². The largest absolute Gasteiger partial charge is 0.459 e. The number of carbonyl (C=O) groups excluding carboxylic acids is 2. The molecule has 0 radical (unpaired) electrons. The Balaban J connectivity index is 2.47. The molecule has 1 amide bonds. The summed E-state index contributed by atoms with van der Waals surface area (Å²) in [5, 5.41) is 10.1. The third kappa shape index (κ3) is 3.20. The van der Waals surface area contributed by atoms with Crippen molar-refractivity contribution in [2.45, 2.75) is 45.1 Å². The number of ether oxygens (including phenoxy) is 1. The summed E-state index contributed by atoms with van der Waals surface area (Å²) in [5.74, 6) is -1.94. The molecule has 0 saturated heterocycles. The van der Waals surface area contributed by atoms with Crippen LogP contribution in [0.2, 0.25) is 0 Å². The Kier molecular flexibility index (Phi) is 4.55. The number of carbonyl (C=O) groups is 2. The fourth-order valence-corrected chi connectivity index (χ4v) is 1.78. The van der Waals surface area contributed by atoms with E-state index < -0.39 is 11.9 Å². The van der Waals surface area contributed by atoms with E-state index in [4.69, 9.17) is 0 Å². The lowest BCUT2D eigenvalue weighted by molar-refractivity contribution is -0.189. The van der Waals surface area contributed by atoms with E-state index in [0.29, 0.717) is 5.06 Å². The monoisotopic (exact) mass is 215 g/mol. The first kappa shape index (κ1) is 12.0. The van der Waals surface area contributed by atoms with Gasteiger partial charge in [0.05, 0.1) is 12.6 Å². The normalized spacial score (nSPS) is 17.2. The molecule has 15 heavy (non-hydrogen) atoms. The summed E-state index contributed by atoms with van der Waals surface area (Å²) in [6.45, 7) is 1.76. The maximum atomic E-state index is 11.3. The Morgan fingerprint density at radius 2 is 1.93 bits per heavy atom. The van der Waals surface area contributed by atoms with Gasteiger partial charge in [0.1, 0.15) is 0 Å². The fraction of sp³-hybridized carbons (Fsp3) is 0.800. The van der Waals surface area contributed by atoms with Crippen LogP contribution >= 0.6 is 0 Å². The number of hydrogen-bond acceptors (Lipinski definition) is 4. The van der Waals surface area contributed by atoms with Gasteiger partial charge in [0.25, 0.3) is 0 Å². The summed E-state index contributed by atoms with van der Waals surface area (Å²) in [5.41, 5.74) is 0. The van der Waals surface area contributed by atoms with Crippen molar-refractivity contribution < 1.29 is 19.5 Å². The molecule has 1 N–H and O–H groups in total.